The van der Waals surface area contributed by atoms with Crippen molar-refractivity contribution in [3.8, 4) is 11.5 Å². The van der Waals surface area contributed by atoms with Crippen molar-refractivity contribution in [1.82, 2.24) is 10.3 Å². The highest BCUT2D eigenvalue weighted by molar-refractivity contribution is 5.93. The molecule has 1 aromatic heterocycles. The molecular formula is C19H16F2N2O2. The molecule has 1 heterocycles. The Morgan fingerprint density at radius 3 is 2.52 bits per heavy atom. The van der Waals surface area contributed by atoms with Gasteiger partial charge >= 0.3 is 0 Å². The van der Waals surface area contributed by atoms with Crippen LogP contribution in [0.1, 0.15) is 34.8 Å². The zero-order valence-electron chi connectivity index (χ0n) is 13.7. The molecule has 2 aromatic carbocycles. The number of benzene rings is 2. The third-order valence-corrected chi connectivity index (χ3v) is 3.82. The van der Waals surface area contributed by atoms with Gasteiger partial charge in [0.15, 0.2) is 17.3 Å². The molecule has 1 N–H and O–H groups in total. The van der Waals surface area contributed by atoms with Crippen LogP contribution in [0.15, 0.2) is 52.9 Å². The third-order valence-electron chi connectivity index (χ3n) is 3.82. The molecule has 3 rings (SSSR count). The van der Waals surface area contributed by atoms with Crippen LogP contribution in [0.4, 0.5) is 8.78 Å². The summed E-state index contributed by atoms with van der Waals surface area (Å²) in [6.07, 6.45) is 0. The first-order valence-electron chi connectivity index (χ1n) is 7.74. The Morgan fingerprint density at radius 2 is 1.84 bits per heavy atom. The molecule has 1 atom stereocenters. The minimum atomic E-state index is -0.956. The minimum absolute atomic E-state index is 0.160. The summed E-state index contributed by atoms with van der Waals surface area (Å²) in [5, 5.41) is 2.71. The predicted molar refractivity (Wildman–Crippen MR) is 88.9 cm³/mol. The monoisotopic (exact) mass is 342 g/mol. The Balaban J connectivity index is 1.79. The molecule has 3 aromatic rings. The van der Waals surface area contributed by atoms with E-state index in [1.807, 2.05) is 30.3 Å². The van der Waals surface area contributed by atoms with Gasteiger partial charge in [-0.25, -0.2) is 13.8 Å². The van der Waals surface area contributed by atoms with E-state index in [1.165, 1.54) is 6.07 Å². The summed E-state index contributed by atoms with van der Waals surface area (Å²) >= 11 is 0. The standard InChI is InChI=1S/C19H16F2N2O2/c1-11(14-8-9-15(20)16(21)10-14)22-18(24)17-12(2)25-19(23-17)13-6-4-3-5-7-13/h3-11H,1-2H3,(H,22,24). The highest BCUT2D eigenvalue weighted by Gasteiger charge is 2.20. The second-order valence-electron chi connectivity index (χ2n) is 5.66. The zero-order valence-corrected chi connectivity index (χ0v) is 13.7. The van der Waals surface area contributed by atoms with E-state index in [1.54, 1.807) is 13.8 Å². The highest BCUT2D eigenvalue weighted by Crippen LogP contribution is 2.22. The fourth-order valence-electron chi connectivity index (χ4n) is 2.44. The van der Waals surface area contributed by atoms with E-state index in [0.29, 0.717) is 17.2 Å². The van der Waals surface area contributed by atoms with Crippen LogP contribution in [0.2, 0.25) is 0 Å². The first-order chi connectivity index (χ1) is 12.0. The molecule has 0 saturated heterocycles. The molecule has 0 fully saturated rings. The van der Waals surface area contributed by atoms with Crippen molar-refractivity contribution in [1.29, 1.82) is 0 Å². The first kappa shape index (κ1) is 16.8. The van der Waals surface area contributed by atoms with Crippen LogP contribution in [-0.4, -0.2) is 10.9 Å². The smallest absolute Gasteiger partial charge is 0.274 e. The summed E-state index contributed by atoms with van der Waals surface area (Å²) in [6, 6.07) is 12.2. The van der Waals surface area contributed by atoms with Crippen molar-refractivity contribution >= 4 is 5.91 Å². The van der Waals surface area contributed by atoms with Gasteiger partial charge in [-0.15, -0.1) is 0 Å². The van der Waals surface area contributed by atoms with Crippen LogP contribution >= 0.6 is 0 Å². The number of hydrogen-bond acceptors (Lipinski definition) is 3. The van der Waals surface area contributed by atoms with E-state index >= 15 is 0 Å². The normalized spacial score (nSPS) is 12.0. The number of aryl methyl sites for hydroxylation is 1. The van der Waals surface area contributed by atoms with Gasteiger partial charge in [-0.05, 0) is 43.7 Å². The Bertz CT molecular complexity index is 907. The summed E-state index contributed by atoms with van der Waals surface area (Å²) in [5.41, 5.74) is 1.38. The molecule has 0 radical (unpaired) electrons. The maximum Gasteiger partial charge on any atom is 0.274 e. The maximum absolute atomic E-state index is 13.3. The number of carbonyl (C=O) groups excluding carboxylic acids is 1. The number of oxazole rings is 1. The molecule has 25 heavy (non-hydrogen) atoms. The van der Waals surface area contributed by atoms with Gasteiger partial charge < -0.3 is 9.73 Å². The van der Waals surface area contributed by atoms with Crippen LogP contribution in [0.5, 0.6) is 0 Å². The van der Waals surface area contributed by atoms with Crippen molar-refractivity contribution in [2.45, 2.75) is 19.9 Å². The van der Waals surface area contributed by atoms with Gasteiger partial charge in [-0.1, -0.05) is 24.3 Å². The fourth-order valence-corrected chi connectivity index (χ4v) is 2.44. The van der Waals surface area contributed by atoms with E-state index in [9.17, 15) is 13.6 Å². The average Bonchev–Trinajstić information content (AvgIpc) is 3.00. The van der Waals surface area contributed by atoms with Gasteiger partial charge in [0.25, 0.3) is 5.91 Å². The summed E-state index contributed by atoms with van der Waals surface area (Å²) in [5.74, 6) is -1.59. The summed E-state index contributed by atoms with van der Waals surface area (Å²) in [6.45, 7) is 3.33. The molecule has 128 valence electrons. The number of aromatic nitrogens is 1. The first-order valence-corrected chi connectivity index (χ1v) is 7.74. The molecule has 0 aliphatic carbocycles. The number of halogens is 2. The number of nitrogens with one attached hydrogen (secondary N) is 1. The van der Waals surface area contributed by atoms with E-state index in [4.69, 9.17) is 4.42 Å². The van der Waals surface area contributed by atoms with Gasteiger partial charge in [0, 0.05) is 5.56 Å². The number of carbonyl (C=O) groups is 1. The Labute approximate surface area is 143 Å². The van der Waals surface area contributed by atoms with Crippen molar-refractivity contribution in [3.05, 3.63) is 77.2 Å². The van der Waals surface area contributed by atoms with Gasteiger partial charge in [-0.3, -0.25) is 4.79 Å². The highest BCUT2D eigenvalue weighted by atomic mass is 19.2. The molecule has 1 amide bonds. The van der Waals surface area contributed by atoms with E-state index in [2.05, 4.69) is 10.3 Å². The number of hydrogen-bond donors (Lipinski definition) is 1. The Kier molecular flexibility index (Phi) is 4.61. The van der Waals surface area contributed by atoms with Gasteiger partial charge in [0.1, 0.15) is 5.76 Å². The Morgan fingerprint density at radius 1 is 1.12 bits per heavy atom. The van der Waals surface area contributed by atoms with Gasteiger partial charge in [0.2, 0.25) is 5.89 Å². The van der Waals surface area contributed by atoms with Crippen molar-refractivity contribution in [2.75, 3.05) is 0 Å². The predicted octanol–water partition coefficient (Wildman–Crippen LogP) is 4.42. The number of amides is 1. The number of rotatable bonds is 4. The topological polar surface area (TPSA) is 55.1 Å². The molecular weight excluding hydrogens is 326 g/mol. The molecule has 0 spiro atoms. The minimum Gasteiger partial charge on any atom is -0.441 e. The van der Waals surface area contributed by atoms with Crippen molar-refractivity contribution in [3.63, 3.8) is 0 Å². The molecule has 4 nitrogen and oxygen atoms in total. The molecule has 0 aliphatic heterocycles. The molecule has 0 bridgehead atoms. The largest absolute Gasteiger partial charge is 0.441 e. The van der Waals surface area contributed by atoms with Crippen molar-refractivity contribution in [2.24, 2.45) is 0 Å². The lowest BCUT2D eigenvalue weighted by atomic mass is 10.1. The maximum atomic E-state index is 13.3. The van der Waals surface area contributed by atoms with Crippen LogP contribution in [-0.2, 0) is 0 Å². The van der Waals surface area contributed by atoms with Crippen LogP contribution < -0.4 is 5.32 Å². The molecule has 1 unspecified atom stereocenters. The van der Waals surface area contributed by atoms with Gasteiger partial charge in [-0.2, -0.15) is 0 Å². The van der Waals surface area contributed by atoms with Gasteiger partial charge in [0.05, 0.1) is 6.04 Å². The van der Waals surface area contributed by atoms with Crippen LogP contribution in [0, 0.1) is 18.6 Å². The second-order valence-corrected chi connectivity index (χ2v) is 5.66. The third kappa shape index (κ3) is 3.57. The lowest BCUT2D eigenvalue weighted by molar-refractivity contribution is 0.0934. The Hall–Kier alpha value is -3.02. The average molecular weight is 342 g/mol. The lowest BCUT2D eigenvalue weighted by Gasteiger charge is -2.13. The summed E-state index contributed by atoms with van der Waals surface area (Å²) < 4.78 is 31.9. The summed E-state index contributed by atoms with van der Waals surface area (Å²) in [7, 11) is 0. The van der Waals surface area contributed by atoms with E-state index in [-0.39, 0.29) is 5.69 Å². The fraction of sp³-hybridized carbons (Fsp3) is 0.158. The zero-order chi connectivity index (χ0) is 18.0. The quantitative estimate of drug-likeness (QED) is 0.764. The van der Waals surface area contributed by atoms with Crippen LogP contribution in [0.25, 0.3) is 11.5 Å². The molecule has 6 heteroatoms. The van der Waals surface area contributed by atoms with Crippen molar-refractivity contribution < 1.29 is 18.0 Å². The SMILES string of the molecule is Cc1oc(-c2ccccc2)nc1C(=O)NC(C)c1ccc(F)c(F)c1. The molecule has 0 aliphatic rings. The molecule has 0 saturated carbocycles. The second kappa shape index (κ2) is 6.84. The number of nitrogens with zero attached hydrogens (tertiary/aromatic N) is 1. The van der Waals surface area contributed by atoms with Crippen LogP contribution in [0.3, 0.4) is 0 Å². The van der Waals surface area contributed by atoms with E-state index in [0.717, 1.165) is 17.7 Å². The van der Waals surface area contributed by atoms with E-state index < -0.39 is 23.6 Å². The summed E-state index contributed by atoms with van der Waals surface area (Å²) in [4.78, 5) is 16.7. The lowest BCUT2D eigenvalue weighted by Crippen LogP contribution is -2.27.